The zero-order chi connectivity index (χ0) is 22.9. The Balaban J connectivity index is 0.000000262. The smallest absolute Gasteiger partial charge is 0.294 e. The van der Waals surface area contributed by atoms with Crippen molar-refractivity contribution in [1.29, 1.82) is 0 Å². The summed E-state index contributed by atoms with van der Waals surface area (Å²) >= 11 is 0. The quantitative estimate of drug-likeness (QED) is 0.482. The molecule has 0 amide bonds. The number of hydrogen-bond donors (Lipinski definition) is 2. The van der Waals surface area contributed by atoms with Crippen molar-refractivity contribution >= 4 is 21.2 Å². The van der Waals surface area contributed by atoms with E-state index in [1.54, 1.807) is 24.3 Å². The first kappa shape index (κ1) is 24.5. The third kappa shape index (κ3) is 7.78. The standard InChI is InChI=1S/C15H19FN2O2.C7H8O3S/c1-2-3-4-15-18-13-6-5-12(7-14(13)20-15)19-10-11(8-16)9-17;1-6-2-4-7(5-3-6)11(8,9)10/h5-8H,2-4,9-10,17H2,1H3;2-5H,1H3,(H,8,9,10)/b11-8+;. The van der Waals surface area contributed by atoms with Gasteiger partial charge in [-0.15, -0.1) is 0 Å². The van der Waals surface area contributed by atoms with Crippen LogP contribution in [0.25, 0.3) is 11.1 Å². The number of aryl methyl sites for hydroxylation is 2. The molecule has 0 saturated carbocycles. The summed E-state index contributed by atoms with van der Waals surface area (Å²) in [6, 6.07) is 11.4. The average molecular weight is 451 g/mol. The molecule has 0 unspecified atom stereocenters. The minimum atomic E-state index is -4.02. The fraction of sp³-hybridized carbons (Fsp3) is 0.318. The van der Waals surface area contributed by atoms with E-state index in [1.807, 2.05) is 13.0 Å². The average Bonchev–Trinajstić information content (AvgIpc) is 3.15. The van der Waals surface area contributed by atoms with E-state index in [1.165, 1.54) is 12.1 Å². The number of hydrogen-bond acceptors (Lipinski definition) is 6. The monoisotopic (exact) mass is 450 g/mol. The summed E-state index contributed by atoms with van der Waals surface area (Å²) in [6.07, 6.45) is 3.47. The van der Waals surface area contributed by atoms with E-state index in [9.17, 15) is 12.8 Å². The van der Waals surface area contributed by atoms with Crippen molar-refractivity contribution in [2.75, 3.05) is 13.2 Å². The normalized spacial score (nSPS) is 11.8. The molecule has 0 spiro atoms. The molecule has 0 aliphatic rings. The van der Waals surface area contributed by atoms with Crippen molar-refractivity contribution in [2.24, 2.45) is 5.73 Å². The minimum absolute atomic E-state index is 0.0666. The van der Waals surface area contributed by atoms with Gasteiger partial charge < -0.3 is 14.9 Å². The van der Waals surface area contributed by atoms with Crippen LogP contribution in [0.4, 0.5) is 4.39 Å². The van der Waals surface area contributed by atoms with Crippen LogP contribution in [0.1, 0.15) is 31.2 Å². The highest BCUT2D eigenvalue weighted by atomic mass is 32.2. The van der Waals surface area contributed by atoms with Gasteiger partial charge in [0.1, 0.15) is 17.9 Å². The van der Waals surface area contributed by atoms with Crippen LogP contribution in [0.5, 0.6) is 5.75 Å². The number of benzene rings is 2. The highest BCUT2D eigenvalue weighted by molar-refractivity contribution is 7.85. The molecule has 1 aromatic heterocycles. The van der Waals surface area contributed by atoms with Crippen molar-refractivity contribution in [2.45, 2.75) is 38.0 Å². The number of unbranched alkanes of at least 4 members (excludes halogenated alkanes) is 1. The highest BCUT2D eigenvalue weighted by Gasteiger charge is 2.08. The van der Waals surface area contributed by atoms with Gasteiger partial charge in [-0.25, -0.2) is 9.37 Å². The predicted octanol–water partition coefficient (Wildman–Crippen LogP) is 4.60. The van der Waals surface area contributed by atoms with Gasteiger partial charge in [-0.05, 0) is 37.6 Å². The molecule has 9 heteroatoms. The second kappa shape index (κ2) is 11.6. The first-order valence-electron chi connectivity index (χ1n) is 9.81. The highest BCUT2D eigenvalue weighted by Crippen LogP contribution is 2.22. The van der Waals surface area contributed by atoms with Crippen molar-refractivity contribution in [3.8, 4) is 5.75 Å². The second-order valence-electron chi connectivity index (χ2n) is 6.89. The summed E-state index contributed by atoms with van der Waals surface area (Å²) in [4.78, 5) is 4.34. The molecule has 0 radical (unpaired) electrons. The van der Waals surface area contributed by atoms with E-state index in [-0.39, 0.29) is 18.0 Å². The van der Waals surface area contributed by atoms with Crippen LogP contribution < -0.4 is 10.5 Å². The molecule has 0 fully saturated rings. The van der Waals surface area contributed by atoms with E-state index >= 15 is 0 Å². The zero-order valence-corrected chi connectivity index (χ0v) is 18.4. The predicted molar refractivity (Wildman–Crippen MR) is 117 cm³/mol. The van der Waals surface area contributed by atoms with Crippen LogP contribution in [-0.2, 0) is 16.5 Å². The zero-order valence-electron chi connectivity index (χ0n) is 17.5. The number of halogens is 1. The fourth-order valence-corrected chi connectivity index (χ4v) is 2.98. The Morgan fingerprint density at radius 3 is 2.55 bits per heavy atom. The largest absolute Gasteiger partial charge is 0.489 e. The summed E-state index contributed by atoms with van der Waals surface area (Å²) in [5, 5.41) is 0. The molecule has 3 rings (SSSR count). The lowest BCUT2D eigenvalue weighted by molar-refractivity contribution is 0.347. The summed E-state index contributed by atoms with van der Waals surface area (Å²) in [7, 11) is -4.02. The van der Waals surface area contributed by atoms with Gasteiger partial charge >= 0.3 is 0 Å². The summed E-state index contributed by atoms with van der Waals surface area (Å²) in [5.74, 6) is 1.36. The molecule has 7 nitrogen and oxygen atoms in total. The van der Waals surface area contributed by atoms with Gasteiger partial charge in [0, 0.05) is 24.6 Å². The number of nitrogens with two attached hydrogens (primary N) is 1. The van der Waals surface area contributed by atoms with Gasteiger partial charge in [0.15, 0.2) is 11.5 Å². The SMILES string of the molecule is CCCCc1nc2ccc(OC/C(=C/F)CN)cc2o1.Cc1ccc(S(=O)(=O)O)cc1. The Labute approximate surface area is 181 Å². The molecule has 3 N–H and O–H groups in total. The Bertz CT molecular complexity index is 1110. The molecule has 0 aliphatic heterocycles. The van der Waals surface area contributed by atoms with Gasteiger partial charge in [0.25, 0.3) is 10.1 Å². The van der Waals surface area contributed by atoms with E-state index in [0.29, 0.717) is 23.2 Å². The Hall–Kier alpha value is -2.75. The van der Waals surface area contributed by atoms with Gasteiger partial charge in [-0.2, -0.15) is 8.42 Å². The number of fused-ring (bicyclic) bond motifs is 1. The lowest BCUT2D eigenvalue weighted by atomic mass is 10.2. The van der Waals surface area contributed by atoms with Gasteiger partial charge in [-0.1, -0.05) is 31.0 Å². The second-order valence-corrected chi connectivity index (χ2v) is 8.31. The Morgan fingerprint density at radius 1 is 1.26 bits per heavy atom. The number of oxazole rings is 1. The number of ether oxygens (including phenoxy) is 1. The van der Waals surface area contributed by atoms with Crippen LogP contribution in [0.3, 0.4) is 0 Å². The topological polar surface area (TPSA) is 116 Å². The third-order valence-corrected chi connectivity index (χ3v) is 5.18. The summed E-state index contributed by atoms with van der Waals surface area (Å²) < 4.78 is 53.1. The van der Waals surface area contributed by atoms with Crippen LogP contribution in [0, 0.1) is 6.92 Å². The van der Waals surface area contributed by atoms with E-state index < -0.39 is 10.1 Å². The third-order valence-electron chi connectivity index (χ3n) is 4.31. The lowest BCUT2D eigenvalue weighted by Crippen LogP contribution is -2.10. The van der Waals surface area contributed by atoms with Crippen molar-refractivity contribution in [3.05, 3.63) is 65.8 Å². The van der Waals surface area contributed by atoms with Crippen LogP contribution in [0.15, 0.2) is 63.7 Å². The van der Waals surface area contributed by atoms with Crippen LogP contribution in [-0.4, -0.2) is 31.1 Å². The molecule has 1 heterocycles. The van der Waals surface area contributed by atoms with Crippen molar-refractivity contribution in [1.82, 2.24) is 4.98 Å². The molecule has 0 aliphatic carbocycles. The molecule has 0 atom stereocenters. The molecular weight excluding hydrogens is 423 g/mol. The first-order valence-corrected chi connectivity index (χ1v) is 11.3. The first-order chi connectivity index (χ1) is 14.8. The van der Waals surface area contributed by atoms with Gasteiger partial charge in [-0.3, -0.25) is 4.55 Å². The molecule has 3 aromatic rings. The Morgan fingerprint density at radius 2 is 1.97 bits per heavy atom. The molecular formula is C22H27FN2O5S. The van der Waals surface area contributed by atoms with Crippen LogP contribution >= 0.6 is 0 Å². The van der Waals surface area contributed by atoms with E-state index in [4.69, 9.17) is 19.4 Å². The fourth-order valence-electron chi connectivity index (χ4n) is 2.50. The Kier molecular flexibility index (Phi) is 9.17. The number of rotatable bonds is 8. The van der Waals surface area contributed by atoms with Gasteiger partial charge in [0.2, 0.25) is 0 Å². The molecule has 31 heavy (non-hydrogen) atoms. The molecule has 0 saturated heterocycles. The van der Waals surface area contributed by atoms with Gasteiger partial charge in [0.05, 0.1) is 11.2 Å². The number of nitrogens with zero attached hydrogens (tertiary/aromatic N) is 1. The van der Waals surface area contributed by atoms with Crippen molar-refractivity contribution < 1.29 is 26.5 Å². The maximum Gasteiger partial charge on any atom is 0.294 e. The van der Waals surface area contributed by atoms with E-state index in [0.717, 1.165) is 36.2 Å². The van der Waals surface area contributed by atoms with Crippen molar-refractivity contribution in [3.63, 3.8) is 0 Å². The maximum absolute atomic E-state index is 12.4. The molecule has 0 bridgehead atoms. The lowest BCUT2D eigenvalue weighted by Gasteiger charge is -2.06. The number of aromatic nitrogens is 1. The van der Waals surface area contributed by atoms with E-state index in [2.05, 4.69) is 11.9 Å². The molecule has 168 valence electrons. The molecule has 2 aromatic carbocycles. The van der Waals surface area contributed by atoms with Crippen LogP contribution in [0.2, 0.25) is 0 Å². The minimum Gasteiger partial charge on any atom is -0.489 e. The maximum atomic E-state index is 12.4. The summed E-state index contributed by atoms with van der Waals surface area (Å²) in [5.41, 5.74) is 8.23. The summed E-state index contributed by atoms with van der Waals surface area (Å²) in [6.45, 7) is 4.24.